The maximum atomic E-state index is 12.8. The molecule has 0 radical (unpaired) electrons. The van der Waals surface area contributed by atoms with E-state index >= 15 is 0 Å². The SMILES string of the molecule is C[C@]1(C(=O)N2CCCC2)C[C@@H](Nc2ncc3c(-c4ccn5nccc5c4)c[nH]c3n2)C1. The average Bonchev–Trinajstić information content (AvgIpc) is 3.51. The third-order valence-corrected chi connectivity index (χ3v) is 6.78. The number of nitrogens with one attached hydrogen (secondary N) is 2. The third kappa shape index (κ3) is 3.05. The summed E-state index contributed by atoms with van der Waals surface area (Å²) in [5.74, 6) is 0.913. The zero-order chi connectivity index (χ0) is 21.0. The van der Waals surface area contributed by atoms with E-state index in [4.69, 9.17) is 0 Å². The van der Waals surface area contributed by atoms with E-state index < -0.39 is 0 Å². The zero-order valence-corrected chi connectivity index (χ0v) is 17.5. The van der Waals surface area contributed by atoms with E-state index in [9.17, 15) is 4.79 Å². The molecule has 1 aliphatic carbocycles. The fourth-order valence-corrected chi connectivity index (χ4v) is 5.09. The number of nitrogens with zero attached hydrogens (tertiary/aromatic N) is 5. The molecular weight excluding hydrogens is 390 g/mol. The minimum atomic E-state index is -0.252. The molecule has 8 nitrogen and oxygen atoms in total. The van der Waals surface area contributed by atoms with Crippen molar-refractivity contribution < 1.29 is 4.79 Å². The highest BCUT2D eigenvalue weighted by molar-refractivity contribution is 5.94. The molecule has 4 aromatic rings. The van der Waals surface area contributed by atoms with Crippen LogP contribution in [0.1, 0.15) is 32.6 Å². The fraction of sp³-hybridized carbons (Fsp3) is 0.391. The van der Waals surface area contributed by atoms with Gasteiger partial charge in [-0.2, -0.15) is 10.1 Å². The number of fused-ring (bicyclic) bond motifs is 2. The number of anilines is 1. The molecule has 8 heteroatoms. The van der Waals surface area contributed by atoms with E-state index in [-0.39, 0.29) is 11.5 Å². The number of rotatable bonds is 4. The van der Waals surface area contributed by atoms with Crippen LogP contribution in [0, 0.1) is 5.41 Å². The molecule has 0 atom stereocenters. The van der Waals surface area contributed by atoms with Crippen molar-refractivity contribution in [2.24, 2.45) is 5.41 Å². The van der Waals surface area contributed by atoms with Gasteiger partial charge in [-0.1, -0.05) is 6.92 Å². The number of aromatic nitrogens is 5. The number of carbonyl (C=O) groups is 1. The predicted molar refractivity (Wildman–Crippen MR) is 119 cm³/mol. The van der Waals surface area contributed by atoms with E-state index in [1.54, 1.807) is 6.20 Å². The molecule has 1 saturated heterocycles. The molecule has 0 bridgehead atoms. The highest BCUT2D eigenvalue weighted by atomic mass is 16.2. The Kier molecular flexibility index (Phi) is 4.03. The van der Waals surface area contributed by atoms with Crippen molar-refractivity contribution in [2.45, 2.75) is 38.6 Å². The summed E-state index contributed by atoms with van der Waals surface area (Å²) in [4.78, 5) is 27.3. The molecule has 5 heterocycles. The van der Waals surface area contributed by atoms with Gasteiger partial charge in [0.1, 0.15) is 5.65 Å². The first kappa shape index (κ1) is 18.4. The number of H-pyrrole nitrogens is 1. The first-order valence-electron chi connectivity index (χ1n) is 10.9. The number of hydrogen-bond donors (Lipinski definition) is 2. The number of hydrogen-bond acceptors (Lipinski definition) is 5. The van der Waals surface area contributed by atoms with E-state index in [0.29, 0.717) is 11.9 Å². The van der Waals surface area contributed by atoms with Crippen molar-refractivity contribution in [3.8, 4) is 11.1 Å². The molecule has 0 unspecified atom stereocenters. The second-order valence-electron chi connectivity index (χ2n) is 9.08. The fourth-order valence-electron chi connectivity index (χ4n) is 5.09. The Labute approximate surface area is 179 Å². The largest absolute Gasteiger partial charge is 0.351 e. The summed E-state index contributed by atoms with van der Waals surface area (Å²) >= 11 is 0. The van der Waals surface area contributed by atoms with Gasteiger partial charge in [0.2, 0.25) is 11.9 Å². The van der Waals surface area contributed by atoms with Gasteiger partial charge in [0.05, 0.1) is 10.9 Å². The van der Waals surface area contributed by atoms with Crippen molar-refractivity contribution in [3.63, 3.8) is 0 Å². The molecule has 0 aromatic carbocycles. The monoisotopic (exact) mass is 415 g/mol. The van der Waals surface area contributed by atoms with Crippen LogP contribution in [-0.4, -0.2) is 54.5 Å². The molecule has 158 valence electrons. The molecule has 1 amide bonds. The first-order valence-corrected chi connectivity index (χ1v) is 10.9. The normalized spacial score (nSPS) is 23.4. The molecule has 2 aliphatic rings. The van der Waals surface area contributed by atoms with E-state index in [0.717, 1.165) is 66.4 Å². The van der Waals surface area contributed by atoms with Gasteiger partial charge < -0.3 is 15.2 Å². The lowest BCUT2D eigenvalue weighted by Crippen LogP contribution is -2.53. The Morgan fingerprint density at radius 2 is 2.10 bits per heavy atom. The van der Waals surface area contributed by atoms with E-state index in [1.165, 1.54) is 0 Å². The summed E-state index contributed by atoms with van der Waals surface area (Å²) in [6, 6.07) is 6.36. The molecule has 2 N–H and O–H groups in total. The molecule has 2 fully saturated rings. The van der Waals surface area contributed by atoms with Gasteiger partial charge in [-0.15, -0.1) is 0 Å². The van der Waals surface area contributed by atoms with Crippen LogP contribution in [0.25, 0.3) is 27.7 Å². The lowest BCUT2D eigenvalue weighted by atomic mass is 9.66. The van der Waals surface area contributed by atoms with Crippen LogP contribution in [0.2, 0.25) is 0 Å². The van der Waals surface area contributed by atoms with Crippen LogP contribution in [0.3, 0.4) is 0 Å². The summed E-state index contributed by atoms with van der Waals surface area (Å²) < 4.78 is 1.84. The Hall–Kier alpha value is -3.42. The van der Waals surface area contributed by atoms with Crippen LogP contribution in [0.5, 0.6) is 0 Å². The van der Waals surface area contributed by atoms with Gasteiger partial charge in [-0.05, 0) is 49.4 Å². The lowest BCUT2D eigenvalue weighted by molar-refractivity contribution is -0.145. The number of likely N-dealkylation sites (tertiary alicyclic amines) is 1. The Balaban J connectivity index is 1.18. The third-order valence-electron chi connectivity index (χ3n) is 6.78. The van der Waals surface area contributed by atoms with Gasteiger partial charge in [0.25, 0.3) is 0 Å². The van der Waals surface area contributed by atoms with Crippen LogP contribution >= 0.6 is 0 Å². The van der Waals surface area contributed by atoms with Crippen molar-refractivity contribution in [1.29, 1.82) is 0 Å². The molecule has 1 aliphatic heterocycles. The summed E-state index contributed by atoms with van der Waals surface area (Å²) in [6.07, 6.45) is 11.5. The second-order valence-corrected chi connectivity index (χ2v) is 9.08. The molecular formula is C23H25N7O. The van der Waals surface area contributed by atoms with Gasteiger partial charge >= 0.3 is 0 Å². The minimum absolute atomic E-state index is 0.229. The van der Waals surface area contributed by atoms with Crippen molar-refractivity contribution >= 4 is 28.4 Å². The van der Waals surface area contributed by atoms with Crippen molar-refractivity contribution in [3.05, 3.63) is 43.0 Å². The topological polar surface area (TPSA) is 91.2 Å². The van der Waals surface area contributed by atoms with Crippen molar-refractivity contribution in [2.75, 3.05) is 18.4 Å². The summed E-state index contributed by atoms with van der Waals surface area (Å²) in [5, 5.41) is 8.65. The Bertz CT molecular complexity index is 1280. The highest BCUT2D eigenvalue weighted by Gasteiger charge is 2.48. The highest BCUT2D eigenvalue weighted by Crippen LogP contribution is 2.44. The molecule has 4 aromatic heterocycles. The lowest BCUT2D eigenvalue weighted by Gasteiger charge is -2.45. The summed E-state index contributed by atoms with van der Waals surface area (Å²) in [7, 11) is 0. The minimum Gasteiger partial charge on any atom is -0.351 e. The van der Waals surface area contributed by atoms with Gasteiger partial charge in [0, 0.05) is 54.9 Å². The number of aromatic amines is 1. The quantitative estimate of drug-likeness (QED) is 0.533. The van der Waals surface area contributed by atoms with Crippen LogP contribution < -0.4 is 5.32 Å². The smallest absolute Gasteiger partial charge is 0.228 e. The molecule has 1 saturated carbocycles. The zero-order valence-electron chi connectivity index (χ0n) is 17.5. The number of amides is 1. The van der Waals surface area contributed by atoms with E-state index in [1.807, 2.05) is 40.1 Å². The van der Waals surface area contributed by atoms with Crippen molar-refractivity contribution in [1.82, 2.24) is 29.5 Å². The maximum Gasteiger partial charge on any atom is 0.228 e. The Morgan fingerprint density at radius 3 is 2.94 bits per heavy atom. The van der Waals surface area contributed by atoms with Gasteiger partial charge in [0.15, 0.2) is 0 Å². The standard InChI is InChI=1S/C23H25N7O/c1-23(21(31)29-7-2-3-8-29)11-16(12-23)27-22-25-14-19-18(13-24-20(19)28-22)15-5-9-30-17(10-15)4-6-26-30/h4-6,9-10,13-14,16H,2-3,7-8,11-12H2,1H3,(H2,24,25,27,28)/t16-,23+. The van der Waals surface area contributed by atoms with Gasteiger partial charge in [-0.3, -0.25) is 4.79 Å². The predicted octanol–water partition coefficient (Wildman–Crippen LogP) is 3.48. The first-order chi connectivity index (χ1) is 15.1. The molecule has 31 heavy (non-hydrogen) atoms. The number of carbonyl (C=O) groups excluding carboxylic acids is 1. The molecule has 6 rings (SSSR count). The summed E-state index contributed by atoms with van der Waals surface area (Å²) in [6.45, 7) is 3.91. The average molecular weight is 416 g/mol. The van der Waals surface area contributed by atoms with Crippen LogP contribution in [0.4, 0.5) is 5.95 Å². The van der Waals surface area contributed by atoms with Gasteiger partial charge in [-0.25, -0.2) is 9.50 Å². The maximum absolute atomic E-state index is 12.8. The number of pyridine rings is 1. The second kappa shape index (κ2) is 6.80. The van der Waals surface area contributed by atoms with E-state index in [2.05, 4.69) is 38.4 Å². The molecule has 0 spiro atoms. The van der Waals surface area contributed by atoms with Crippen LogP contribution in [-0.2, 0) is 4.79 Å². The summed E-state index contributed by atoms with van der Waals surface area (Å²) in [5.41, 5.74) is 3.76. The Morgan fingerprint density at radius 1 is 1.26 bits per heavy atom. The van der Waals surface area contributed by atoms with Crippen LogP contribution in [0.15, 0.2) is 43.0 Å².